The first-order valence-corrected chi connectivity index (χ1v) is 11.7. The number of hydrogen-bond acceptors (Lipinski definition) is 8. The number of urea groups is 1. The standard InChI is InChI=1S/C24H30N4O6/c1-13-16(3-4-17-18(13)11-33-23(17)31)20(29)21(25)26-7-5-15(6-8-26)27-9-10-28(24(27)32)19-12-34-22(30)14(19)2/h3-4,15,20-21,29H,5-12,25H2,1-2H3/t20-,21+/m0/s1. The lowest BCUT2D eigenvalue weighted by molar-refractivity contribution is -0.136. The molecule has 4 aliphatic heterocycles. The summed E-state index contributed by atoms with van der Waals surface area (Å²) in [5.41, 5.74) is 10.5. The normalized spacial score (nSPS) is 23.5. The molecule has 2 atom stereocenters. The predicted octanol–water partition coefficient (Wildman–Crippen LogP) is 1.02. The second-order valence-corrected chi connectivity index (χ2v) is 9.36. The van der Waals surface area contributed by atoms with Crippen LogP contribution in [-0.2, 0) is 20.9 Å². The van der Waals surface area contributed by atoms with Crippen molar-refractivity contribution in [2.75, 3.05) is 32.8 Å². The number of fused-ring (bicyclic) bond motifs is 1. The molecule has 0 radical (unpaired) electrons. The molecule has 0 saturated carbocycles. The molecular formula is C24H30N4O6. The highest BCUT2D eigenvalue weighted by Crippen LogP contribution is 2.32. The molecule has 2 fully saturated rings. The summed E-state index contributed by atoms with van der Waals surface area (Å²) in [4.78, 5) is 42.1. The quantitative estimate of drug-likeness (QED) is 0.611. The molecule has 34 heavy (non-hydrogen) atoms. The van der Waals surface area contributed by atoms with Crippen molar-refractivity contribution < 1.29 is 29.0 Å². The van der Waals surface area contributed by atoms with Crippen LogP contribution in [0, 0.1) is 6.92 Å². The van der Waals surface area contributed by atoms with E-state index in [4.69, 9.17) is 15.2 Å². The van der Waals surface area contributed by atoms with Gasteiger partial charge in [0, 0.05) is 37.8 Å². The molecule has 10 nitrogen and oxygen atoms in total. The number of cyclic esters (lactones) is 2. The summed E-state index contributed by atoms with van der Waals surface area (Å²) in [5.74, 6) is -0.695. The number of nitrogens with two attached hydrogens (primary N) is 1. The molecule has 1 aromatic carbocycles. The smallest absolute Gasteiger partial charge is 0.338 e. The zero-order valence-electron chi connectivity index (χ0n) is 19.5. The van der Waals surface area contributed by atoms with Crippen LogP contribution in [0.1, 0.15) is 52.9 Å². The summed E-state index contributed by atoms with van der Waals surface area (Å²) in [5, 5.41) is 11.0. The van der Waals surface area contributed by atoms with Gasteiger partial charge in [0.1, 0.15) is 19.3 Å². The maximum absolute atomic E-state index is 13.0. The molecule has 10 heteroatoms. The molecule has 0 spiro atoms. The highest BCUT2D eigenvalue weighted by atomic mass is 16.5. The lowest BCUT2D eigenvalue weighted by Gasteiger charge is -2.40. The Bertz CT molecular complexity index is 1080. The van der Waals surface area contributed by atoms with Gasteiger partial charge < -0.3 is 25.2 Å². The summed E-state index contributed by atoms with van der Waals surface area (Å²) < 4.78 is 10.2. The molecule has 182 valence electrons. The van der Waals surface area contributed by atoms with Gasteiger partial charge in [0.05, 0.1) is 23.0 Å². The highest BCUT2D eigenvalue weighted by molar-refractivity contribution is 5.94. The van der Waals surface area contributed by atoms with Gasteiger partial charge in [-0.15, -0.1) is 0 Å². The minimum atomic E-state index is -0.906. The van der Waals surface area contributed by atoms with Crippen molar-refractivity contribution in [2.45, 2.75) is 51.6 Å². The fraction of sp³-hybridized carbons (Fsp3) is 0.542. The SMILES string of the molecule is CC1=C(N2CCN(C3CCN([C@@H](N)[C@@H](O)c4ccc5c(c4C)COC5=O)CC3)C2=O)COC1=O. The topological polar surface area (TPSA) is 126 Å². The number of aliphatic hydroxyl groups excluding tert-OH is 1. The molecule has 0 aliphatic carbocycles. The predicted molar refractivity (Wildman–Crippen MR) is 120 cm³/mol. The molecule has 4 heterocycles. The number of carbonyl (C=O) groups is 3. The third-order valence-electron chi connectivity index (χ3n) is 7.66. The molecular weight excluding hydrogens is 440 g/mol. The van der Waals surface area contributed by atoms with Crippen LogP contribution >= 0.6 is 0 Å². The molecule has 3 N–H and O–H groups in total. The van der Waals surface area contributed by atoms with Crippen LogP contribution in [-0.4, -0.2) is 82.8 Å². The molecule has 0 unspecified atom stereocenters. The van der Waals surface area contributed by atoms with E-state index in [1.807, 2.05) is 16.7 Å². The van der Waals surface area contributed by atoms with E-state index in [9.17, 15) is 19.5 Å². The summed E-state index contributed by atoms with van der Waals surface area (Å²) in [6.45, 7) is 6.41. The minimum Gasteiger partial charge on any atom is -0.457 e. The Morgan fingerprint density at radius 2 is 1.71 bits per heavy atom. The Morgan fingerprint density at radius 1 is 1.00 bits per heavy atom. The fourth-order valence-electron chi connectivity index (χ4n) is 5.46. The van der Waals surface area contributed by atoms with E-state index >= 15 is 0 Å². The van der Waals surface area contributed by atoms with Crippen molar-refractivity contribution in [1.29, 1.82) is 0 Å². The Kier molecular flexibility index (Phi) is 5.83. The minimum absolute atomic E-state index is 0.0824. The van der Waals surface area contributed by atoms with Gasteiger partial charge >= 0.3 is 18.0 Å². The fourth-order valence-corrected chi connectivity index (χ4v) is 5.46. The maximum Gasteiger partial charge on any atom is 0.338 e. The van der Waals surface area contributed by atoms with Crippen LogP contribution in [0.3, 0.4) is 0 Å². The van der Waals surface area contributed by atoms with Gasteiger partial charge in [-0.05, 0) is 43.9 Å². The molecule has 1 aromatic rings. The lowest BCUT2D eigenvalue weighted by atomic mass is 9.93. The number of rotatable bonds is 5. The lowest BCUT2D eigenvalue weighted by Crippen LogP contribution is -2.53. The Labute approximate surface area is 197 Å². The maximum atomic E-state index is 13.0. The van der Waals surface area contributed by atoms with Gasteiger partial charge in [-0.3, -0.25) is 9.80 Å². The van der Waals surface area contributed by atoms with Crippen molar-refractivity contribution in [3.8, 4) is 0 Å². The van der Waals surface area contributed by atoms with E-state index in [2.05, 4.69) is 0 Å². The van der Waals surface area contributed by atoms with Gasteiger partial charge in [0.25, 0.3) is 0 Å². The number of benzene rings is 1. The second-order valence-electron chi connectivity index (χ2n) is 9.36. The molecule has 0 aromatic heterocycles. The van der Waals surface area contributed by atoms with Crippen LogP contribution < -0.4 is 5.73 Å². The molecule has 5 rings (SSSR count). The van der Waals surface area contributed by atoms with Crippen LogP contribution in [0.5, 0.6) is 0 Å². The zero-order chi connectivity index (χ0) is 24.1. The number of hydrogen-bond donors (Lipinski definition) is 2. The van der Waals surface area contributed by atoms with E-state index in [1.54, 1.807) is 24.0 Å². The van der Waals surface area contributed by atoms with E-state index in [0.717, 1.165) is 24.0 Å². The average molecular weight is 471 g/mol. The van der Waals surface area contributed by atoms with Gasteiger partial charge in [0.15, 0.2) is 0 Å². The number of aliphatic hydroxyl groups is 1. The average Bonchev–Trinajstić information content (AvgIpc) is 3.51. The van der Waals surface area contributed by atoms with Crippen molar-refractivity contribution in [3.63, 3.8) is 0 Å². The molecule has 2 saturated heterocycles. The number of nitrogens with zero attached hydrogens (tertiary/aromatic N) is 3. The third-order valence-corrected chi connectivity index (χ3v) is 7.66. The molecule has 2 amide bonds. The van der Waals surface area contributed by atoms with Crippen LogP contribution in [0.25, 0.3) is 0 Å². The zero-order valence-corrected chi connectivity index (χ0v) is 19.5. The molecule has 0 bridgehead atoms. The summed E-state index contributed by atoms with van der Waals surface area (Å²) in [6.07, 6.45) is -0.00923. The number of amides is 2. The summed E-state index contributed by atoms with van der Waals surface area (Å²) in [7, 11) is 0. The van der Waals surface area contributed by atoms with E-state index < -0.39 is 12.3 Å². The Balaban J connectivity index is 1.21. The number of carbonyl (C=O) groups excluding carboxylic acids is 3. The van der Waals surface area contributed by atoms with Crippen LogP contribution in [0.4, 0.5) is 4.79 Å². The number of likely N-dealkylation sites (tertiary alicyclic amines) is 1. The number of piperidine rings is 1. The van der Waals surface area contributed by atoms with Crippen molar-refractivity contribution in [2.24, 2.45) is 5.73 Å². The summed E-state index contributed by atoms with van der Waals surface area (Å²) >= 11 is 0. The van der Waals surface area contributed by atoms with Crippen molar-refractivity contribution >= 4 is 18.0 Å². The summed E-state index contributed by atoms with van der Waals surface area (Å²) in [6, 6.07) is 3.45. The van der Waals surface area contributed by atoms with E-state index in [0.29, 0.717) is 48.6 Å². The first-order valence-electron chi connectivity index (χ1n) is 11.7. The first-order chi connectivity index (χ1) is 16.3. The van der Waals surface area contributed by atoms with Gasteiger partial charge in [-0.1, -0.05) is 6.07 Å². The number of ether oxygens (including phenoxy) is 2. The van der Waals surface area contributed by atoms with Gasteiger partial charge in [0.2, 0.25) is 0 Å². The van der Waals surface area contributed by atoms with E-state index in [1.165, 1.54) is 0 Å². The monoisotopic (exact) mass is 470 g/mol. The first kappa shape index (κ1) is 22.8. The van der Waals surface area contributed by atoms with Gasteiger partial charge in [-0.25, -0.2) is 14.4 Å². The highest BCUT2D eigenvalue weighted by Gasteiger charge is 2.40. The number of esters is 2. The van der Waals surface area contributed by atoms with Crippen molar-refractivity contribution in [3.05, 3.63) is 45.7 Å². The Morgan fingerprint density at radius 3 is 2.38 bits per heavy atom. The van der Waals surface area contributed by atoms with Gasteiger partial charge in [-0.2, -0.15) is 0 Å². The molecule has 4 aliphatic rings. The Hall–Kier alpha value is -2.95. The van der Waals surface area contributed by atoms with E-state index in [-0.39, 0.29) is 37.2 Å². The van der Waals surface area contributed by atoms with Crippen LogP contribution in [0.2, 0.25) is 0 Å². The largest absolute Gasteiger partial charge is 0.457 e. The third kappa shape index (κ3) is 3.66. The van der Waals surface area contributed by atoms with Crippen LogP contribution in [0.15, 0.2) is 23.4 Å². The second kappa shape index (κ2) is 8.68. The van der Waals surface area contributed by atoms with Crippen molar-refractivity contribution in [1.82, 2.24) is 14.7 Å².